The minimum atomic E-state index is -0.168. The Bertz CT molecular complexity index is 1140. The number of anilines is 3. The number of rotatable bonds is 4. The number of hydrogen-bond acceptors (Lipinski definition) is 4. The topological polar surface area (TPSA) is 44.8 Å². The van der Waals surface area contributed by atoms with Gasteiger partial charge in [0.25, 0.3) is 0 Å². The van der Waals surface area contributed by atoms with E-state index in [1.165, 1.54) is 11.3 Å². The number of para-hydroxylation sites is 1. The predicted molar refractivity (Wildman–Crippen MR) is 130 cm³/mol. The maximum atomic E-state index is 13.5. The highest BCUT2D eigenvalue weighted by atomic mass is 35.5. The predicted octanol–water partition coefficient (Wildman–Crippen LogP) is 4.85. The molecule has 2 aliphatic heterocycles. The van der Waals surface area contributed by atoms with Crippen molar-refractivity contribution in [3.63, 3.8) is 0 Å². The molecule has 164 valence electrons. The molecule has 1 saturated heterocycles. The molecular formula is C26H26ClN3O2. The van der Waals surface area contributed by atoms with Crippen LogP contribution in [0.5, 0.6) is 5.75 Å². The Labute approximate surface area is 193 Å². The molecule has 0 aliphatic carbocycles. The van der Waals surface area contributed by atoms with Crippen LogP contribution < -0.4 is 19.9 Å². The fourth-order valence-electron chi connectivity index (χ4n) is 4.90. The van der Waals surface area contributed by atoms with Gasteiger partial charge in [-0.25, -0.2) is 0 Å². The van der Waals surface area contributed by atoms with Crippen molar-refractivity contribution in [3.05, 3.63) is 83.4 Å². The number of piperazine rings is 1. The van der Waals surface area contributed by atoms with Crippen LogP contribution in [0.4, 0.5) is 17.1 Å². The number of benzene rings is 3. The van der Waals surface area contributed by atoms with E-state index in [2.05, 4.69) is 45.4 Å². The maximum absolute atomic E-state index is 13.5. The number of nitrogens with zero attached hydrogens (tertiary/aromatic N) is 2. The smallest absolute Gasteiger partial charge is 0.229 e. The van der Waals surface area contributed by atoms with Gasteiger partial charge in [-0.1, -0.05) is 41.9 Å². The molecule has 0 saturated carbocycles. The van der Waals surface area contributed by atoms with Crippen LogP contribution in [0.15, 0.2) is 72.8 Å². The Morgan fingerprint density at radius 3 is 2.72 bits per heavy atom. The van der Waals surface area contributed by atoms with E-state index in [1.54, 1.807) is 7.11 Å². The first-order valence-electron chi connectivity index (χ1n) is 10.9. The first-order chi connectivity index (χ1) is 15.6. The summed E-state index contributed by atoms with van der Waals surface area (Å²) in [5, 5.41) is 3.86. The SMILES string of the molecule is COc1cccc(NC(=O)[C@@H]2Cc3ccccc3N3CCN(c4cccc(Cl)c4)C[C@H]23)c1. The van der Waals surface area contributed by atoms with Crippen molar-refractivity contribution >= 4 is 34.6 Å². The third-order valence-electron chi connectivity index (χ3n) is 6.47. The van der Waals surface area contributed by atoms with Crippen LogP contribution in [-0.4, -0.2) is 38.7 Å². The molecule has 6 heteroatoms. The van der Waals surface area contributed by atoms with E-state index in [0.717, 1.165) is 48.2 Å². The lowest BCUT2D eigenvalue weighted by Crippen LogP contribution is -2.60. The van der Waals surface area contributed by atoms with Gasteiger partial charge in [-0.3, -0.25) is 4.79 Å². The van der Waals surface area contributed by atoms with E-state index >= 15 is 0 Å². The summed E-state index contributed by atoms with van der Waals surface area (Å²) in [7, 11) is 1.63. The quantitative estimate of drug-likeness (QED) is 0.620. The molecule has 1 N–H and O–H groups in total. The lowest BCUT2D eigenvalue weighted by molar-refractivity contribution is -0.120. The van der Waals surface area contributed by atoms with Crippen LogP contribution >= 0.6 is 11.6 Å². The Morgan fingerprint density at radius 2 is 1.88 bits per heavy atom. The molecule has 3 aromatic carbocycles. The molecule has 0 radical (unpaired) electrons. The highest BCUT2D eigenvalue weighted by molar-refractivity contribution is 6.30. The van der Waals surface area contributed by atoms with Gasteiger partial charge in [0, 0.05) is 47.8 Å². The van der Waals surface area contributed by atoms with Crippen LogP contribution in [0.2, 0.25) is 5.02 Å². The van der Waals surface area contributed by atoms with Crippen molar-refractivity contribution in [2.24, 2.45) is 5.92 Å². The summed E-state index contributed by atoms with van der Waals surface area (Å²) in [5.74, 6) is 0.594. The molecule has 2 aliphatic rings. The first-order valence-corrected chi connectivity index (χ1v) is 11.3. The Morgan fingerprint density at radius 1 is 1.03 bits per heavy atom. The van der Waals surface area contributed by atoms with Crippen LogP contribution in [0.1, 0.15) is 5.56 Å². The first kappa shape index (κ1) is 20.7. The molecule has 32 heavy (non-hydrogen) atoms. The fourth-order valence-corrected chi connectivity index (χ4v) is 5.09. The van der Waals surface area contributed by atoms with Gasteiger partial charge in [0.2, 0.25) is 5.91 Å². The van der Waals surface area contributed by atoms with Crippen molar-refractivity contribution in [1.82, 2.24) is 0 Å². The molecule has 0 bridgehead atoms. The van der Waals surface area contributed by atoms with Gasteiger partial charge in [0.1, 0.15) is 5.75 Å². The zero-order chi connectivity index (χ0) is 22.1. The van der Waals surface area contributed by atoms with Crippen molar-refractivity contribution in [1.29, 1.82) is 0 Å². The lowest BCUT2D eigenvalue weighted by atomic mass is 9.83. The molecular weight excluding hydrogens is 422 g/mol. The maximum Gasteiger partial charge on any atom is 0.229 e. The molecule has 1 fully saturated rings. The molecule has 3 aromatic rings. The highest BCUT2D eigenvalue weighted by Crippen LogP contribution is 2.37. The summed E-state index contributed by atoms with van der Waals surface area (Å²) in [6, 6.07) is 24.0. The third-order valence-corrected chi connectivity index (χ3v) is 6.71. The molecule has 5 rings (SSSR count). The summed E-state index contributed by atoms with van der Waals surface area (Å²) in [6.45, 7) is 2.51. The van der Waals surface area contributed by atoms with Crippen molar-refractivity contribution in [3.8, 4) is 5.75 Å². The van der Waals surface area contributed by atoms with E-state index in [1.807, 2.05) is 42.5 Å². The molecule has 0 aromatic heterocycles. The molecule has 2 atom stereocenters. The van der Waals surface area contributed by atoms with Gasteiger partial charge in [-0.2, -0.15) is 0 Å². The second kappa shape index (κ2) is 8.75. The summed E-state index contributed by atoms with van der Waals surface area (Å²) in [4.78, 5) is 18.3. The Kier molecular flexibility index (Phi) is 5.66. The highest BCUT2D eigenvalue weighted by Gasteiger charge is 2.41. The number of carbonyl (C=O) groups is 1. The second-order valence-electron chi connectivity index (χ2n) is 8.35. The summed E-state index contributed by atoms with van der Waals surface area (Å²) in [6.07, 6.45) is 0.719. The number of halogens is 1. The molecule has 1 amide bonds. The molecule has 2 heterocycles. The summed E-state index contributed by atoms with van der Waals surface area (Å²) >= 11 is 6.25. The van der Waals surface area contributed by atoms with Crippen LogP contribution in [0, 0.1) is 5.92 Å². The largest absolute Gasteiger partial charge is 0.497 e. The number of ether oxygens (including phenoxy) is 1. The van der Waals surface area contributed by atoms with Gasteiger partial charge in [0.05, 0.1) is 19.1 Å². The lowest BCUT2D eigenvalue weighted by Gasteiger charge is -2.49. The second-order valence-corrected chi connectivity index (χ2v) is 8.78. The normalized spacial score (nSPS) is 19.7. The number of carbonyl (C=O) groups excluding carboxylic acids is 1. The third kappa shape index (κ3) is 4.00. The zero-order valence-corrected chi connectivity index (χ0v) is 18.8. The summed E-state index contributed by atoms with van der Waals surface area (Å²) in [5.41, 5.74) is 4.32. The van der Waals surface area contributed by atoms with E-state index in [-0.39, 0.29) is 17.9 Å². The van der Waals surface area contributed by atoms with Crippen LogP contribution in [0.25, 0.3) is 0 Å². The monoisotopic (exact) mass is 447 g/mol. The number of hydrogen-bond donors (Lipinski definition) is 1. The molecule has 5 nitrogen and oxygen atoms in total. The van der Waals surface area contributed by atoms with Crippen molar-refractivity contribution in [2.45, 2.75) is 12.5 Å². The van der Waals surface area contributed by atoms with Crippen LogP contribution in [-0.2, 0) is 11.2 Å². The van der Waals surface area contributed by atoms with Crippen LogP contribution in [0.3, 0.4) is 0 Å². The van der Waals surface area contributed by atoms with Crippen molar-refractivity contribution < 1.29 is 9.53 Å². The van der Waals surface area contributed by atoms with Gasteiger partial charge in [-0.15, -0.1) is 0 Å². The van der Waals surface area contributed by atoms with Crippen molar-refractivity contribution in [2.75, 3.05) is 41.9 Å². The van der Waals surface area contributed by atoms with E-state index in [9.17, 15) is 4.79 Å². The number of fused-ring (bicyclic) bond motifs is 3. The number of nitrogens with one attached hydrogen (secondary N) is 1. The zero-order valence-electron chi connectivity index (χ0n) is 18.0. The van der Waals surface area contributed by atoms with Gasteiger partial charge in [0.15, 0.2) is 0 Å². The minimum Gasteiger partial charge on any atom is -0.497 e. The average molecular weight is 448 g/mol. The molecule has 0 spiro atoms. The Balaban J connectivity index is 1.44. The van der Waals surface area contributed by atoms with E-state index in [0.29, 0.717) is 0 Å². The summed E-state index contributed by atoms with van der Waals surface area (Å²) < 4.78 is 5.31. The van der Waals surface area contributed by atoms with E-state index in [4.69, 9.17) is 16.3 Å². The minimum absolute atomic E-state index is 0.0377. The van der Waals surface area contributed by atoms with Gasteiger partial charge in [-0.05, 0) is 48.4 Å². The van der Waals surface area contributed by atoms with Gasteiger partial charge >= 0.3 is 0 Å². The van der Waals surface area contributed by atoms with Gasteiger partial charge < -0.3 is 19.9 Å². The average Bonchev–Trinajstić information content (AvgIpc) is 2.83. The Hall–Kier alpha value is -3.18. The fraction of sp³-hybridized carbons (Fsp3) is 0.269. The molecule has 0 unspecified atom stereocenters. The van der Waals surface area contributed by atoms with E-state index < -0.39 is 0 Å². The standard InChI is InChI=1S/C26H26ClN3O2/c1-32-22-10-5-8-20(16-22)28-26(31)23-14-18-6-2-3-11-24(18)30-13-12-29(17-25(23)30)21-9-4-7-19(27)15-21/h2-11,15-16,23,25H,12-14,17H2,1H3,(H,28,31)/t23-,25-/m1/s1. The number of methoxy groups -OCH3 is 1. The number of amides is 1.